The lowest BCUT2D eigenvalue weighted by Crippen LogP contribution is -2.21. The third kappa shape index (κ3) is 5.50. The summed E-state index contributed by atoms with van der Waals surface area (Å²) >= 11 is 0. The van der Waals surface area contributed by atoms with Gasteiger partial charge in [-0.3, -0.25) is 4.79 Å². The van der Waals surface area contributed by atoms with E-state index in [2.05, 4.69) is 5.32 Å². The third-order valence-electron chi connectivity index (χ3n) is 5.27. The van der Waals surface area contributed by atoms with Crippen LogP contribution in [0.5, 0.6) is 5.75 Å². The lowest BCUT2D eigenvalue weighted by Gasteiger charge is -2.10. The fraction of sp³-hybridized carbons (Fsp3) is 0.148. The number of hydrogen-bond donors (Lipinski definition) is 1. The van der Waals surface area contributed by atoms with Gasteiger partial charge in [0.05, 0.1) is 5.56 Å². The number of anilines is 1. The Hall–Kier alpha value is -4.39. The van der Waals surface area contributed by atoms with Gasteiger partial charge in [-0.2, -0.15) is 0 Å². The van der Waals surface area contributed by atoms with Gasteiger partial charge in [0, 0.05) is 23.2 Å². The van der Waals surface area contributed by atoms with Crippen LogP contribution >= 0.6 is 0 Å². The van der Waals surface area contributed by atoms with E-state index < -0.39 is 17.5 Å². The number of benzene rings is 3. The number of esters is 1. The van der Waals surface area contributed by atoms with E-state index in [1.165, 1.54) is 6.07 Å². The maximum Gasteiger partial charge on any atom is 0.338 e. The van der Waals surface area contributed by atoms with Gasteiger partial charge in [-0.05, 0) is 60.9 Å². The van der Waals surface area contributed by atoms with Crippen LogP contribution in [0.4, 0.5) is 5.69 Å². The molecule has 34 heavy (non-hydrogen) atoms. The van der Waals surface area contributed by atoms with Crippen LogP contribution in [0.3, 0.4) is 0 Å². The molecule has 1 amide bonds. The molecule has 0 radical (unpaired) electrons. The molecule has 0 fully saturated rings. The number of hydrogen-bond acceptors (Lipinski definition) is 6. The zero-order valence-electron chi connectivity index (χ0n) is 18.8. The first-order valence-corrected chi connectivity index (χ1v) is 10.7. The van der Waals surface area contributed by atoms with Gasteiger partial charge < -0.3 is 19.2 Å². The number of rotatable bonds is 7. The summed E-state index contributed by atoms with van der Waals surface area (Å²) in [5.74, 6) is -0.439. The van der Waals surface area contributed by atoms with Gasteiger partial charge in [0.2, 0.25) is 0 Å². The Morgan fingerprint density at radius 3 is 2.44 bits per heavy atom. The highest BCUT2D eigenvalue weighted by molar-refractivity contribution is 5.95. The SMILES string of the molecule is Cc1ccccc1NC(=O)COC(=O)c1ccc(COc2ccc3c(C)cc(=O)oc3c2)cc1. The molecule has 0 atom stereocenters. The predicted octanol–water partition coefficient (Wildman–Crippen LogP) is 4.78. The van der Waals surface area contributed by atoms with Crippen molar-refractivity contribution >= 4 is 28.5 Å². The van der Waals surface area contributed by atoms with Gasteiger partial charge in [0.25, 0.3) is 5.91 Å². The Labute approximate surface area is 195 Å². The fourth-order valence-electron chi connectivity index (χ4n) is 3.41. The van der Waals surface area contributed by atoms with E-state index in [0.717, 1.165) is 22.1 Å². The zero-order chi connectivity index (χ0) is 24.1. The topological polar surface area (TPSA) is 94.8 Å². The summed E-state index contributed by atoms with van der Waals surface area (Å²) in [6.07, 6.45) is 0. The standard InChI is InChI=1S/C27H23NO6/c1-17-5-3-4-6-23(17)28-25(29)16-33-27(31)20-9-7-19(8-10-20)15-32-21-11-12-22-18(2)13-26(30)34-24(22)14-21/h3-14H,15-16H2,1-2H3,(H,28,29). The maximum absolute atomic E-state index is 12.3. The van der Waals surface area contributed by atoms with E-state index >= 15 is 0 Å². The van der Waals surface area contributed by atoms with Gasteiger partial charge in [-0.1, -0.05) is 30.3 Å². The third-order valence-corrected chi connectivity index (χ3v) is 5.27. The highest BCUT2D eigenvalue weighted by Gasteiger charge is 2.11. The van der Waals surface area contributed by atoms with Crippen LogP contribution < -0.4 is 15.7 Å². The average molecular weight is 457 g/mol. The molecule has 0 aliphatic heterocycles. The number of fused-ring (bicyclic) bond motifs is 1. The normalized spacial score (nSPS) is 10.6. The Balaban J connectivity index is 1.31. The van der Waals surface area contributed by atoms with Crippen LogP contribution in [0.25, 0.3) is 11.0 Å². The molecule has 0 saturated carbocycles. The number of aryl methyl sites for hydroxylation is 2. The summed E-state index contributed by atoms with van der Waals surface area (Å²) in [6.45, 7) is 3.61. The monoisotopic (exact) mass is 457 g/mol. The summed E-state index contributed by atoms with van der Waals surface area (Å²) in [7, 11) is 0. The molecule has 1 heterocycles. The molecule has 1 N–H and O–H groups in total. The highest BCUT2D eigenvalue weighted by Crippen LogP contribution is 2.23. The first-order valence-electron chi connectivity index (χ1n) is 10.7. The average Bonchev–Trinajstić information content (AvgIpc) is 2.82. The van der Waals surface area contributed by atoms with Crippen molar-refractivity contribution in [3.8, 4) is 5.75 Å². The molecule has 0 bridgehead atoms. The Bertz CT molecular complexity index is 1410. The van der Waals surface area contributed by atoms with Crippen molar-refractivity contribution in [2.75, 3.05) is 11.9 Å². The van der Waals surface area contributed by atoms with E-state index in [1.807, 2.05) is 44.2 Å². The molecular weight excluding hydrogens is 434 g/mol. The predicted molar refractivity (Wildman–Crippen MR) is 128 cm³/mol. The molecule has 4 rings (SSSR count). The van der Waals surface area contributed by atoms with E-state index in [0.29, 0.717) is 22.6 Å². The molecule has 0 aliphatic carbocycles. The van der Waals surface area contributed by atoms with Crippen LogP contribution in [0, 0.1) is 13.8 Å². The van der Waals surface area contributed by atoms with Crippen LogP contribution in [-0.4, -0.2) is 18.5 Å². The Kier molecular flexibility index (Phi) is 6.73. The summed E-state index contributed by atoms with van der Waals surface area (Å²) in [5.41, 5.74) is 3.66. The molecule has 3 aromatic carbocycles. The van der Waals surface area contributed by atoms with E-state index in [-0.39, 0.29) is 13.2 Å². The van der Waals surface area contributed by atoms with Crippen molar-refractivity contribution in [2.24, 2.45) is 0 Å². The minimum Gasteiger partial charge on any atom is -0.489 e. The van der Waals surface area contributed by atoms with E-state index in [1.54, 1.807) is 36.4 Å². The number of para-hydroxylation sites is 1. The molecule has 0 aliphatic rings. The molecule has 0 unspecified atom stereocenters. The van der Waals surface area contributed by atoms with Crippen molar-refractivity contribution < 1.29 is 23.5 Å². The number of ether oxygens (including phenoxy) is 2. The summed E-state index contributed by atoms with van der Waals surface area (Å²) in [4.78, 5) is 35.9. The molecule has 4 aromatic rings. The molecule has 0 saturated heterocycles. The zero-order valence-corrected chi connectivity index (χ0v) is 18.8. The van der Waals surface area contributed by atoms with Crippen LogP contribution in [0.1, 0.15) is 27.0 Å². The lowest BCUT2D eigenvalue weighted by atomic mass is 10.1. The number of carbonyl (C=O) groups is 2. The van der Waals surface area contributed by atoms with Gasteiger partial charge in [-0.15, -0.1) is 0 Å². The lowest BCUT2D eigenvalue weighted by molar-refractivity contribution is -0.119. The second kappa shape index (κ2) is 10.0. The minimum atomic E-state index is -0.590. The molecular formula is C27H23NO6. The minimum absolute atomic E-state index is 0.260. The summed E-state index contributed by atoms with van der Waals surface area (Å²) in [5, 5.41) is 3.57. The molecule has 172 valence electrons. The van der Waals surface area contributed by atoms with Crippen molar-refractivity contribution in [1.82, 2.24) is 0 Å². The first kappa shape index (κ1) is 22.8. The van der Waals surface area contributed by atoms with Crippen molar-refractivity contribution in [1.29, 1.82) is 0 Å². The number of carbonyl (C=O) groups excluding carboxylic acids is 2. The van der Waals surface area contributed by atoms with E-state index in [9.17, 15) is 14.4 Å². The molecule has 1 aromatic heterocycles. The second-order valence-corrected chi connectivity index (χ2v) is 7.83. The largest absolute Gasteiger partial charge is 0.489 e. The second-order valence-electron chi connectivity index (χ2n) is 7.83. The number of amides is 1. The van der Waals surface area contributed by atoms with Crippen LogP contribution in [0.2, 0.25) is 0 Å². The van der Waals surface area contributed by atoms with Gasteiger partial charge in [0.15, 0.2) is 6.61 Å². The molecule has 0 spiro atoms. The molecule has 7 heteroatoms. The van der Waals surface area contributed by atoms with E-state index in [4.69, 9.17) is 13.9 Å². The van der Waals surface area contributed by atoms with Crippen molar-refractivity contribution in [3.63, 3.8) is 0 Å². The summed E-state index contributed by atoms with van der Waals surface area (Å²) in [6, 6.07) is 20.9. The Morgan fingerprint density at radius 1 is 0.912 bits per heavy atom. The Morgan fingerprint density at radius 2 is 1.68 bits per heavy atom. The smallest absolute Gasteiger partial charge is 0.338 e. The van der Waals surface area contributed by atoms with Crippen LogP contribution in [0.15, 0.2) is 82.0 Å². The van der Waals surface area contributed by atoms with Crippen molar-refractivity contribution in [2.45, 2.75) is 20.5 Å². The van der Waals surface area contributed by atoms with Gasteiger partial charge in [0.1, 0.15) is 17.9 Å². The van der Waals surface area contributed by atoms with Crippen molar-refractivity contribution in [3.05, 3.63) is 105 Å². The van der Waals surface area contributed by atoms with Gasteiger partial charge >= 0.3 is 11.6 Å². The highest BCUT2D eigenvalue weighted by atomic mass is 16.5. The van der Waals surface area contributed by atoms with Gasteiger partial charge in [-0.25, -0.2) is 9.59 Å². The quantitative estimate of drug-likeness (QED) is 0.317. The van der Waals surface area contributed by atoms with Crippen LogP contribution in [-0.2, 0) is 16.1 Å². The summed E-state index contributed by atoms with van der Waals surface area (Å²) < 4.78 is 16.1. The molecule has 7 nitrogen and oxygen atoms in total. The fourth-order valence-corrected chi connectivity index (χ4v) is 3.41. The maximum atomic E-state index is 12.3. The number of nitrogens with one attached hydrogen (secondary N) is 1. The first-order chi connectivity index (χ1) is 16.4.